The second-order valence-corrected chi connectivity index (χ2v) is 5.61. The maximum absolute atomic E-state index is 11.9. The molecule has 0 aromatic heterocycles. The molecule has 2 rings (SSSR count). The Morgan fingerprint density at radius 2 is 1.10 bits per heavy atom. The van der Waals surface area contributed by atoms with Crippen molar-refractivity contribution in [2.75, 3.05) is 28.4 Å². The lowest BCUT2D eigenvalue weighted by molar-refractivity contribution is -0.139. The first-order valence-electron chi connectivity index (χ1n) is 8.62. The number of hydrogen-bond acceptors (Lipinski definition) is 8. The summed E-state index contributed by atoms with van der Waals surface area (Å²) in [4.78, 5) is 23.7. The number of hydrazone groups is 2. The van der Waals surface area contributed by atoms with E-state index >= 15 is 0 Å². The fourth-order valence-corrected chi connectivity index (χ4v) is 2.30. The van der Waals surface area contributed by atoms with Gasteiger partial charge in [-0.25, -0.2) is 10.9 Å². The van der Waals surface area contributed by atoms with Crippen molar-refractivity contribution in [2.45, 2.75) is 0 Å². The normalized spacial score (nSPS) is 10.7. The highest BCUT2D eigenvalue weighted by atomic mass is 16.5. The van der Waals surface area contributed by atoms with Crippen LogP contribution in [0.3, 0.4) is 0 Å². The lowest BCUT2D eigenvalue weighted by Crippen LogP contribution is -2.35. The molecule has 0 radical (unpaired) electrons. The minimum atomic E-state index is -0.997. The molecular weight excluding hydrogens is 392 g/mol. The van der Waals surface area contributed by atoms with Crippen molar-refractivity contribution in [2.24, 2.45) is 10.2 Å². The molecule has 158 valence electrons. The van der Waals surface area contributed by atoms with Gasteiger partial charge in [-0.05, 0) is 36.4 Å². The molecule has 0 bridgehead atoms. The number of carbonyl (C=O) groups excluding carboxylic acids is 2. The van der Waals surface area contributed by atoms with Gasteiger partial charge < -0.3 is 18.9 Å². The number of hydrogen-bond donors (Lipinski definition) is 2. The summed E-state index contributed by atoms with van der Waals surface area (Å²) >= 11 is 0. The summed E-state index contributed by atoms with van der Waals surface area (Å²) in [6, 6.07) is 10.2. The number of benzene rings is 2. The maximum Gasteiger partial charge on any atom is 0.331 e. The third kappa shape index (κ3) is 5.96. The molecule has 0 fully saturated rings. The molecule has 0 heterocycles. The Morgan fingerprint density at radius 3 is 1.43 bits per heavy atom. The third-order valence-electron chi connectivity index (χ3n) is 3.82. The molecule has 2 amide bonds. The molecule has 10 heteroatoms. The number of nitrogens with zero attached hydrogens (tertiary/aromatic N) is 2. The summed E-state index contributed by atoms with van der Waals surface area (Å²) in [6.45, 7) is 0. The Hall–Kier alpha value is -4.08. The Bertz CT molecular complexity index is 881. The van der Waals surface area contributed by atoms with Gasteiger partial charge in [0.05, 0.1) is 40.9 Å². The quantitative estimate of drug-likeness (QED) is 0.382. The first kappa shape index (κ1) is 22.2. The van der Waals surface area contributed by atoms with Crippen molar-refractivity contribution >= 4 is 24.2 Å². The molecule has 0 saturated heterocycles. The summed E-state index contributed by atoms with van der Waals surface area (Å²) in [5.74, 6) is 0.225. The molecule has 0 aliphatic heterocycles. The number of amides is 2. The van der Waals surface area contributed by atoms with E-state index in [-0.39, 0.29) is 0 Å². The Kier molecular flexibility index (Phi) is 8.18. The van der Waals surface area contributed by atoms with Gasteiger partial charge in [-0.1, -0.05) is 0 Å². The predicted molar refractivity (Wildman–Crippen MR) is 111 cm³/mol. The van der Waals surface area contributed by atoms with Crippen LogP contribution in [0.2, 0.25) is 0 Å². The fourth-order valence-electron chi connectivity index (χ4n) is 2.30. The van der Waals surface area contributed by atoms with Crippen LogP contribution in [-0.4, -0.2) is 52.7 Å². The van der Waals surface area contributed by atoms with Gasteiger partial charge in [-0.15, -0.1) is 0 Å². The zero-order valence-electron chi connectivity index (χ0n) is 17.0. The van der Waals surface area contributed by atoms with Crippen LogP contribution >= 0.6 is 0 Å². The fraction of sp³-hybridized carbons (Fsp3) is 0.200. The standard InChI is InChI=1S/C20H22N4O6/c1-27-15-5-7-17(29-3)13(9-15)11-21-23-19(25)20(26)24-22-12-14-10-16(28-2)6-8-18(14)30-4/h5-12H,1-4H3,(H,23,25)(H,24,26)/b21-11-,22-12-. The highest BCUT2D eigenvalue weighted by Gasteiger charge is 2.12. The smallest absolute Gasteiger partial charge is 0.331 e. The van der Waals surface area contributed by atoms with E-state index in [1.165, 1.54) is 40.9 Å². The minimum absolute atomic E-state index is 0.523. The summed E-state index contributed by atoms with van der Waals surface area (Å²) < 4.78 is 20.7. The first-order chi connectivity index (χ1) is 14.5. The number of methoxy groups -OCH3 is 4. The zero-order valence-corrected chi connectivity index (χ0v) is 17.0. The van der Waals surface area contributed by atoms with Crippen molar-refractivity contribution in [1.82, 2.24) is 10.9 Å². The van der Waals surface area contributed by atoms with Gasteiger partial charge in [0.15, 0.2) is 0 Å². The lowest BCUT2D eigenvalue weighted by atomic mass is 10.2. The van der Waals surface area contributed by atoms with Crippen molar-refractivity contribution in [1.29, 1.82) is 0 Å². The molecule has 0 aliphatic carbocycles. The van der Waals surface area contributed by atoms with Gasteiger partial charge >= 0.3 is 11.8 Å². The van der Waals surface area contributed by atoms with Gasteiger partial charge in [-0.3, -0.25) is 9.59 Å². The van der Waals surface area contributed by atoms with E-state index in [2.05, 4.69) is 21.1 Å². The lowest BCUT2D eigenvalue weighted by Gasteiger charge is -2.07. The van der Waals surface area contributed by atoms with Crippen molar-refractivity contribution in [3.05, 3.63) is 47.5 Å². The van der Waals surface area contributed by atoms with Crippen LogP contribution in [0, 0.1) is 0 Å². The van der Waals surface area contributed by atoms with E-state index in [0.29, 0.717) is 34.1 Å². The van der Waals surface area contributed by atoms with E-state index in [1.807, 2.05) is 0 Å². The molecule has 0 atom stereocenters. The van der Waals surface area contributed by atoms with Crippen LogP contribution in [0.1, 0.15) is 11.1 Å². The maximum atomic E-state index is 11.9. The van der Waals surface area contributed by atoms with E-state index in [9.17, 15) is 9.59 Å². The molecular formula is C20H22N4O6. The molecule has 0 aliphatic rings. The van der Waals surface area contributed by atoms with E-state index in [0.717, 1.165) is 0 Å². The van der Waals surface area contributed by atoms with E-state index < -0.39 is 11.8 Å². The zero-order chi connectivity index (χ0) is 21.9. The Labute approximate surface area is 173 Å². The van der Waals surface area contributed by atoms with Gasteiger partial charge in [0, 0.05) is 11.1 Å². The topological polar surface area (TPSA) is 120 Å². The van der Waals surface area contributed by atoms with Crippen LogP contribution in [0.15, 0.2) is 46.6 Å². The average molecular weight is 414 g/mol. The number of rotatable bonds is 8. The Balaban J connectivity index is 1.97. The minimum Gasteiger partial charge on any atom is -0.497 e. The van der Waals surface area contributed by atoms with Gasteiger partial charge in [0.1, 0.15) is 23.0 Å². The highest BCUT2D eigenvalue weighted by molar-refractivity contribution is 6.35. The first-order valence-corrected chi connectivity index (χ1v) is 8.62. The van der Waals surface area contributed by atoms with E-state index in [4.69, 9.17) is 18.9 Å². The summed E-state index contributed by atoms with van der Waals surface area (Å²) in [7, 11) is 6.05. The van der Waals surface area contributed by atoms with Crippen LogP contribution < -0.4 is 29.8 Å². The second-order valence-electron chi connectivity index (χ2n) is 5.61. The number of carbonyl (C=O) groups is 2. The molecule has 0 spiro atoms. The van der Waals surface area contributed by atoms with Crippen molar-refractivity contribution < 1.29 is 28.5 Å². The van der Waals surface area contributed by atoms with Gasteiger partial charge in [-0.2, -0.15) is 10.2 Å². The highest BCUT2D eigenvalue weighted by Crippen LogP contribution is 2.23. The van der Waals surface area contributed by atoms with Crippen LogP contribution in [0.5, 0.6) is 23.0 Å². The molecule has 2 aromatic rings. The van der Waals surface area contributed by atoms with Gasteiger partial charge in [0.25, 0.3) is 0 Å². The number of nitrogens with one attached hydrogen (secondary N) is 2. The average Bonchev–Trinajstić information content (AvgIpc) is 2.78. The Morgan fingerprint density at radius 1 is 0.700 bits per heavy atom. The summed E-state index contributed by atoms with van der Waals surface area (Å²) in [6.07, 6.45) is 2.66. The van der Waals surface area contributed by atoms with E-state index in [1.54, 1.807) is 36.4 Å². The molecule has 0 unspecified atom stereocenters. The predicted octanol–water partition coefficient (Wildman–Crippen LogP) is 1.32. The summed E-state index contributed by atoms with van der Waals surface area (Å²) in [5, 5.41) is 7.51. The van der Waals surface area contributed by atoms with Crippen LogP contribution in [0.4, 0.5) is 0 Å². The third-order valence-corrected chi connectivity index (χ3v) is 3.82. The van der Waals surface area contributed by atoms with Crippen molar-refractivity contribution in [3.8, 4) is 23.0 Å². The monoisotopic (exact) mass is 414 g/mol. The second kappa shape index (κ2) is 11.1. The van der Waals surface area contributed by atoms with Gasteiger partial charge in [0.2, 0.25) is 0 Å². The molecule has 2 N–H and O–H groups in total. The van der Waals surface area contributed by atoms with Crippen LogP contribution in [0.25, 0.3) is 0 Å². The molecule has 0 saturated carbocycles. The van der Waals surface area contributed by atoms with Crippen LogP contribution in [-0.2, 0) is 9.59 Å². The molecule has 30 heavy (non-hydrogen) atoms. The molecule has 10 nitrogen and oxygen atoms in total. The summed E-state index contributed by atoms with van der Waals surface area (Å²) in [5.41, 5.74) is 5.34. The molecule has 2 aromatic carbocycles. The SMILES string of the molecule is COc1ccc(OC)c(/C=N\NC(=O)C(=O)N/N=C\c2cc(OC)ccc2OC)c1. The number of ether oxygens (including phenoxy) is 4. The largest absolute Gasteiger partial charge is 0.497 e. The van der Waals surface area contributed by atoms with Crippen molar-refractivity contribution in [3.63, 3.8) is 0 Å².